The van der Waals surface area contributed by atoms with Crippen LogP contribution in [0.4, 0.5) is 0 Å². The predicted molar refractivity (Wildman–Crippen MR) is 43.7 cm³/mol. The Bertz CT molecular complexity index is 433. The van der Waals surface area contributed by atoms with Crippen LogP contribution in [0.2, 0.25) is 0 Å². The molecule has 1 amide bonds. The number of hydrogen-bond donors (Lipinski definition) is 1. The molecule has 0 atom stereocenters. The van der Waals surface area contributed by atoms with E-state index in [-0.39, 0.29) is 0 Å². The van der Waals surface area contributed by atoms with Crippen LogP contribution in [0.5, 0.6) is 0 Å². The molecule has 0 spiro atoms. The Morgan fingerprint density at radius 1 is 1.50 bits per heavy atom. The quantitative estimate of drug-likeness (QED) is 0.659. The smallest absolute Gasteiger partial charge is 0.252 e. The molecule has 2 rings (SSSR count). The minimum absolute atomic E-state index is 0.448. The Morgan fingerprint density at radius 2 is 2.33 bits per heavy atom. The number of aromatic nitrogens is 2. The van der Waals surface area contributed by atoms with Crippen molar-refractivity contribution in [2.24, 2.45) is 5.73 Å². The Hall–Kier alpha value is -1.84. The lowest BCUT2D eigenvalue weighted by Crippen LogP contribution is -2.10. The van der Waals surface area contributed by atoms with Crippen LogP contribution in [0.25, 0.3) is 5.52 Å². The molecule has 0 aliphatic carbocycles. The monoisotopic (exact) mass is 161 g/mol. The van der Waals surface area contributed by atoms with Gasteiger partial charge in [-0.15, -0.1) is 0 Å². The van der Waals surface area contributed by atoms with Gasteiger partial charge in [0.1, 0.15) is 0 Å². The zero-order valence-corrected chi connectivity index (χ0v) is 6.27. The third-order valence-corrected chi connectivity index (χ3v) is 1.69. The Balaban J connectivity index is 2.79. The van der Waals surface area contributed by atoms with Crippen molar-refractivity contribution in [3.05, 3.63) is 36.2 Å². The van der Waals surface area contributed by atoms with E-state index in [1.807, 2.05) is 12.1 Å². The zero-order valence-electron chi connectivity index (χ0n) is 6.27. The van der Waals surface area contributed by atoms with Crippen LogP contribution < -0.4 is 5.73 Å². The SMILES string of the molecule is NC(=O)c1cnn2ccccc12. The fourth-order valence-corrected chi connectivity index (χ4v) is 1.12. The first-order valence-corrected chi connectivity index (χ1v) is 3.51. The van der Waals surface area contributed by atoms with Crippen LogP contribution in [-0.2, 0) is 0 Å². The Labute approximate surface area is 68.6 Å². The van der Waals surface area contributed by atoms with E-state index in [9.17, 15) is 4.79 Å². The maximum atomic E-state index is 10.8. The highest BCUT2D eigenvalue weighted by Gasteiger charge is 2.06. The molecule has 2 aromatic heterocycles. The van der Waals surface area contributed by atoms with Gasteiger partial charge in [-0.25, -0.2) is 4.52 Å². The first-order valence-electron chi connectivity index (χ1n) is 3.51. The molecule has 4 nitrogen and oxygen atoms in total. The molecule has 0 fully saturated rings. The number of primary amides is 1. The topological polar surface area (TPSA) is 60.4 Å². The number of rotatable bonds is 1. The second-order valence-corrected chi connectivity index (χ2v) is 2.45. The average Bonchev–Trinajstić information content (AvgIpc) is 2.47. The van der Waals surface area contributed by atoms with Gasteiger partial charge in [0.25, 0.3) is 5.91 Å². The molecule has 0 bridgehead atoms. The summed E-state index contributed by atoms with van der Waals surface area (Å²) in [6.45, 7) is 0. The van der Waals surface area contributed by atoms with Crippen molar-refractivity contribution >= 4 is 11.4 Å². The summed E-state index contributed by atoms with van der Waals surface area (Å²) in [5.41, 5.74) is 6.33. The molecule has 2 aromatic rings. The zero-order chi connectivity index (χ0) is 8.55. The lowest BCUT2D eigenvalue weighted by molar-refractivity contribution is 0.100. The molecule has 0 radical (unpaired) electrons. The molecule has 0 aliphatic heterocycles. The summed E-state index contributed by atoms with van der Waals surface area (Å²) in [5, 5.41) is 3.96. The maximum Gasteiger partial charge on any atom is 0.252 e. The number of carbonyl (C=O) groups is 1. The lowest BCUT2D eigenvalue weighted by Gasteiger charge is -1.91. The number of nitrogens with zero attached hydrogens (tertiary/aromatic N) is 2. The fourth-order valence-electron chi connectivity index (χ4n) is 1.12. The summed E-state index contributed by atoms with van der Waals surface area (Å²) in [6.07, 6.45) is 3.24. The van der Waals surface area contributed by atoms with Gasteiger partial charge in [-0.1, -0.05) is 6.07 Å². The summed E-state index contributed by atoms with van der Waals surface area (Å²) >= 11 is 0. The highest BCUT2D eigenvalue weighted by Crippen LogP contribution is 2.07. The van der Waals surface area contributed by atoms with E-state index in [0.29, 0.717) is 5.56 Å². The minimum atomic E-state index is -0.448. The molecule has 4 heteroatoms. The van der Waals surface area contributed by atoms with Crippen molar-refractivity contribution in [3.8, 4) is 0 Å². The third-order valence-electron chi connectivity index (χ3n) is 1.69. The van der Waals surface area contributed by atoms with Gasteiger partial charge in [-0.3, -0.25) is 4.79 Å². The maximum absolute atomic E-state index is 10.8. The van der Waals surface area contributed by atoms with Gasteiger partial charge in [0.05, 0.1) is 17.3 Å². The van der Waals surface area contributed by atoms with Crippen molar-refractivity contribution in [2.75, 3.05) is 0 Å². The van der Waals surface area contributed by atoms with Gasteiger partial charge in [0.15, 0.2) is 0 Å². The highest BCUT2D eigenvalue weighted by molar-refractivity contribution is 5.99. The molecule has 0 saturated carbocycles. The summed E-state index contributed by atoms with van der Waals surface area (Å²) in [5.74, 6) is -0.448. The van der Waals surface area contributed by atoms with Gasteiger partial charge in [0.2, 0.25) is 0 Å². The van der Waals surface area contributed by atoms with E-state index < -0.39 is 5.91 Å². The molecular weight excluding hydrogens is 154 g/mol. The number of nitrogens with two attached hydrogens (primary N) is 1. The van der Waals surface area contributed by atoms with Crippen LogP contribution in [0.3, 0.4) is 0 Å². The largest absolute Gasteiger partial charge is 0.365 e. The minimum Gasteiger partial charge on any atom is -0.365 e. The predicted octanol–water partition coefficient (Wildman–Crippen LogP) is 0.433. The van der Waals surface area contributed by atoms with Gasteiger partial charge in [-0.05, 0) is 12.1 Å². The highest BCUT2D eigenvalue weighted by atomic mass is 16.1. The first kappa shape index (κ1) is 6.84. The number of carbonyl (C=O) groups excluding carboxylic acids is 1. The van der Waals surface area contributed by atoms with E-state index in [2.05, 4.69) is 5.10 Å². The van der Waals surface area contributed by atoms with E-state index in [4.69, 9.17) is 5.73 Å². The molecule has 2 heterocycles. The van der Waals surface area contributed by atoms with Crippen molar-refractivity contribution in [1.29, 1.82) is 0 Å². The van der Waals surface area contributed by atoms with E-state index in [1.54, 1.807) is 16.8 Å². The summed E-state index contributed by atoms with van der Waals surface area (Å²) in [4.78, 5) is 10.8. The molecule has 0 saturated heterocycles. The summed E-state index contributed by atoms with van der Waals surface area (Å²) in [7, 11) is 0. The lowest BCUT2D eigenvalue weighted by atomic mass is 10.2. The van der Waals surface area contributed by atoms with Crippen LogP contribution in [0.15, 0.2) is 30.6 Å². The number of fused-ring (bicyclic) bond motifs is 1. The van der Waals surface area contributed by atoms with Crippen molar-refractivity contribution in [3.63, 3.8) is 0 Å². The Kier molecular flexibility index (Phi) is 1.33. The fraction of sp³-hybridized carbons (Fsp3) is 0. The van der Waals surface area contributed by atoms with Crippen LogP contribution >= 0.6 is 0 Å². The Morgan fingerprint density at radius 3 is 3.08 bits per heavy atom. The number of pyridine rings is 1. The average molecular weight is 161 g/mol. The van der Waals surface area contributed by atoms with Crippen LogP contribution in [-0.4, -0.2) is 15.5 Å². The van der Waals surface area contributed by atoms with Gasteiger partial charge in [-0.2, -0.15) is 5.10 Å². The molecule has 0 aliphatic rings. The van der Waals surface area contributed by atoms with Gasteiger partial charge in [0, 0.05) is 6.20 Å². The van der Waals surface area contributed by atoms with Crippen molar-refractivity contribution < 1.29 is 4.79 Å². The molecule has 0 unspecified atom stereocenters. The van der Waals surface area contributed by atoms with Crippen molar-refractivity contribution in [1.82, 2.24) is 9.61 Å². The molecule has 60 valence electrons. The number of hydrogen-bond acceptors (Lipinski definition) is 2. The van der Waals surface area contributed by atoms with E-state index in [1.165, 1.54) is 6.20 Å². The van der Waals surface area contributed by atoms with Crippen LogP contribution in [0.1, 0.15) is 10.4 Å². The summed E-state index contributed by atoms with van der Waals surface area (Å²) < 4.78 is 1.61. The molecule has 12 heavy (non-hydrogen) atoms. The standard InChI is InChI=1S/C8H7N3O/c9-8(12)6-5-10-11-4-2-1-3-7(6)11/h1-5H,(H2,9,12). The third kappa shape index (κ3) is 0.852. The van der Waals surface area contributed by atoms with E-state index in [0.717, 1.165) is 5.52 Å². The molecular formula is C8H7N3O. The van der Waals surface area contributed by atoms with Crippen molar-refractivity contribution in [2.45, 2.75) is 0 Å². The first-order chi connectivity index (χ1) is 5.79. The second-order valence-electron chi connectivity index (χ2n) is 2.45. The molecule has 0 aromatic carbocycles. The summed E-state index contributed by atoms with van der Waals surface area (Å²) in [6, 6.07) is 5.47. The van der Waals surface area contributed by atoms with Crippen LogP contribution in [0, 0.1) is 0 Å². The normalized spacial score (nSPS) is 10.3. The van der Waals surface area contributed by atoms with Gasteiger partial charge < -0.3 is 5.73 Å². The second kappa shape index (κ2) is 2.34. The van der Waals surface area contributed by atoms with Gasteiger partial charge >= 0.3 is 0 Å². The van der Waals surface area contributed by atoms with E-state index >= 15 is 0 Å². The molecule has 2 N–H and O–H groups in total. The number of amides is 1.